The van der Waals surface area contributed by atoms with E-state index in [1.807, 2.05) is 48.7 Å². The van der Waals surface area contributed by atoms with Gasteiger partial charge in [-0.1, -0.05) is 23.9 Å². The number of aromatic nitrogens is 4. The number of nitrogen functional groups attached to an aromatic ring is 1. The van der Waals surface area contributed by atoms with Gasteiger partial charge in [0.2, 0.25) is 5.91 Å². The van der Waals surface area contributed by atoms with E-state index in [1.165, 1.54) is 23.1 Å². The van der Waals surface area contributed by atoms with E-state index < -0.39 is 0 Å². The Hall–Kier alpha value is -2.95. The number of ether oxygens (including phenoxy) is 1. The molecule has 3 aromatic heterocycles. The summed E-state index contributed by atoms with van der Waals surface area (Å²) in [5.41, 5.74) is 10.1. The van der Waals surface area contributed by atoms with Crippen molar-refractivity contribution in [3.63, 3.8) is 0 Å². The molecule has 4 aromatic rings. The molecule has 4 heterocycles. The normalized spacial score (nSPS) is 15.8. The first-order valence-electron chi connectivity index (χ1n) is 11.2. The van der Waals surface area contributed by atoms with Crippen molar-refractivity contribution in [3.8, 4) is 10.7 Å². The second kappa shape index (κ2) is 9.73. The zero-order valence-corrected chi connectivity index (χ0v) is 20.7. The molecule has 0 radical (unpaired) electrons. The molecule has 1 fully saturated rings. The summed E-state index contributed by atoms with van der Waals surface area (Å²) < 4.78 is 7.92. The molecule has 34 heavy (non-hydrogen) atoms. The Bertz CT molecular complexity index is 1340. The number of nitrogens with two attached hydrogens (primary N) is 1. The molecular formula is C24H26N6O2S2. The summed E-state index contributed by atoms with van der Waals surface area (Å²) in [5, 5.41) is 13.5. The van der Waals surface area contributed by atoms with E-state index in [9.17, 15) is 4.79 Å². The number of carbonyl (C=O) groups is 1. The predicted molar refractivity (Wildman–Crippen MR) is 137 cm³/mol. The maximum Gasteiger partial charge on any atom is 0.234 e. The number of aryl methyl sites for hydroxylation is 2. The number of hydrogen-bond donors (Lipinski definition) is 2. The first-order chi connectivity index (χ1) is 16.5. The minimum absolute atomic E-state index is 0.0857. The van der Waals surface area contributed by atoms with Crippen molar-refractivity contribution in [2.75, 3.05) is 23.4 Å². The second-order valence-electron chi connectivity index (χ2n) is 8.41. The van der Waals surface area contributed by atoms with Crippen LogP contribution in [0.3, 0.4) is 0 Å². The molecular weight excluding hydrogens is 468 g/mol. The van der Waals surface area contributed by atoms with Crippen molar-refractivity contribution in [3.05, 3.63) is 47.7 Å². The zero-order valence-electron chi connectivity index (χ0n) is 19.1. The van der Waals surface area contributed by atoms with Crippen LogP contribution >= 0.6 is 23.1 Å². The quantitative estimate of drug-likeness (QED) is 0.360. The smallest absolute Gasteiger partial charge is 0.234 e. The summed E-state index contributed by atoms with van der Waals surface area (Å²) in [4.78, 5) is 18.9. The van der Waals surface area contributed by atoms with Gasteiger partial charge in [0.05, 0.1) is 29.0 Å². The first kappa shape index (κ1) is 22.8. The fourth-order valence-electron chi connectivity index (χ4n) is 4.02. The average Bonchev–Trinajstić information content (AvgIpc) is 3.55. The molecule has 1 aliphatic heterocycles. The highest BCUT2D eigenvalue weighted by Gasteiger charge is 2.25. The lowest BCUT2D eigenvalue weighted by Crippen LogP contribution is -2.18. The highest BCUT2D eigenvalue weighted by Crippen LogP contribution is 2.40. The van der Waals surface area contributed by atoms with Crippen LogP contribution in [-0.2, 0) is 16.1 Å². The lowest BCUT2D eigenvalue weighted by atomic mass is 10.1. The van der Waals surface area contributed by atoms with Crippen LogP contribution in [0.5, 0.6) is 0 Å². The first-order valence-corrected chi connectivity index (χ1v) is 13.0. The molecule has 1 saturated heterocycles. The highest BCUT2D eigenvalue weighted by molar-refractivity contribution is 7.99. The number of amides is 1. The van der Waals surface area contributed by atoms with Gasteiger partial charge in [-0.3, -0.25) is 9.36 Å². The third-order valence-corrected chi connectivity index (χ3v) is 7.93. The van der Waals surface area contributed by atoms with Gasteiger partial charge < -0.3 is 15.8 Å². The summed E-state index contributed by atoms with van der Waals surface area (Å²) in [7, 11) is 0. The summed E-state index contributed by atoms with van der Waals surface area (Å²) in [5.74, 6) is 0.825. The number of anilines is 2. The Labute approximate surface area is 205 Å². The molecule has 1 aliphatic rings. The van der Waals surface area contributed by atoms with Gasteiger partial charge >= 0.3 is 0 Å². The number of hydrogen-bond acceptors (Lipinski definition) is 8. The molecule has 0 spiro atoms. The van der Waals surface area contributed by atoms with Gasteiger partial charge in [-0.2, -0.15) is 0 Å². The molecule has 5 rings (SSSR count). The maximum absolute atomic E-state index is 12.7. The SMILES string of the molecule is Cc1ccc(C)c(NC(=O)CSc2nnc(-c3sc4ncccc4c3N)n2C[C@H]2CCCO2)c1. The van der Waals surface area contributed by atoms with Gasteiger partial charge in [0.1, 0.15) is 4.83 Å². The molecule has 176 valence electrons. The maximum atomic E-state index is 12.7. The van der Waals surface area contributed by atoms with E-state index in [1.54, 1.807) is 6.20 Å². The monoisotopic (exact) mass is 494 g/mol. The van der Waals surface area contributed by atoms with Crippen molar-refractivity contribution < 1.29 is 9.53 Å². The van der Waals surface area contributed by atoms with Crippen LogP contribution in [0.1, 0.15) is 24.0 Å². The number of thioether (sulfide) groups is 1. The Morgan fingerprint density at radius 1 is 1.32 bits per heavy atom. The standard InChI is InChI=1S/C24H26N6O2S2/c1-14-7-8-15(2)18(11-14)27-19(31)13-33-24-29-28-22(30(24)12-16-5-4-10-32-16)21-20(25)17-6-3-9-26-23(17)34-21/h3,6-9,11,16H,4-5,10,12-13,25H2,1-2H3,(H,27,31)/t16-/m1/s1. The third-order valence-electron chi connectivity index (χ3n) is 5.83. The van der Waals surface area contributed by atoms with Crippen LogP contribution in [0.4, 0.5) is 11.4 Å². The Kier molecular flexibility index (Phi) is 6.53. The molecule has 0 aliphatic carbocycles. The van der Waals surface area contributed by atoms with E-state index in [4.69, 9.17) is 10.5 Å². The van der Waals surface area contributed by atoms with Crippen LogP contribution < -0.4 is 11.1 Å². The zero-order chi connectivity index (χ0) is 23.7. The number of nitrogens with zero attached hydrogens (tertiary/aromatic N) is 4. The molecule has 3 N–H and O–H groups in total. The fourth-order valence-corrected chi connectivity index (χ4v) is 5.83. The summed E-state index contributed by atoms with van der Waals surface area (Å²) in [6, 6.07) is 9.86. The molecule has 0 bridgehead atoms. The lowest BCUT2D eigenvalue weighted by Gasteiger charge is -2.14. The fraction of sp³-hybridized carbons (Fsp3) is 0.333. The number of thiophene rings is 1. The van der Waals surface area contributed by atoms with E-state index in [2.05, 4.69) is 20.5 Å². The van der Waals surface area contributed by atoms with Gasteiger partial charge in [-0.05, 0) is 56.0 Å². The number of carbonyl (C=O) groups excluding carboxylic acids is 1. The Morgan fingerprint density at radius 3 is 3.00 bits per heavy atom. The Morgan fingerprint density at radius 2 is 2.21 bits per heavy atom. The number of nitrogens with one attached hydrogen (secondary N) is 1. The molecule has 8 nitrogen and oxygen atoms in total. The third kappa shape index (κ3) is 4.66. The molecule has 1 aromatic carbocycles. The second-order valence-corrected chi connectivity index (χ2v) is 10.3. The van der Waals surface area contributed by atoms with Crippen molar-refractivity contribution >= 4 is 50.6 Å². The Balaban J connectivity index is 1.40. The van der Waals surface area contributed by atoms with E-state index >= 15 is 0 Å². The van der Waals surface area contributed by atoms with Crippen molar-refractivity contribution in [1.29, 1.82) is 0 Å². The van der Waals surface area contributed by atoms with Gasteiger partial charge in [0, 0.05) is 23.9 Å². The van der Waals surface area contributed by atoms with E-state index in [0.29, 0.717) is 23.2 Å². The van der Waals surface area contributed by atoms with Gasteiger partial charge in [0.25, 0.3) is 0 Å². The minimum Gasteiger partial charge on any atom is -0.397 e. The number of benzene rings is 1. The van der Waals surface area contributed by atoms with Crippen LogP contribution in [0.2, 0.25) is 0 Å². The lowest BCUT2D eigenvalue weighted by molar-refractivity contribution is -0.113. The molecule has 1 atom stereocenters. The van der Waals surface area contributed by atoms with Crippen LogP contribution in [-0.4, -0.2) is 44.1 Å². The highest BCUT2D eigenvalue weighted by atomic mass is 32.2. The van der Waals surface area contributed by atoms with Crippen LogP contribution in [0.15, 0.2) is 41.7 Å². The number of rotatable bonds is 7. The van der Waals surface area contributed by atoms with E-state index in [0.717, 1.165) is 51.4 Å². The number of pyridine rings is 1. The molecule has 0 unspecified atom stereocenters. The molecule has 10 heteroatoms. The van der Waals surface area contributed by atoms with Crippen LogP contribution in [0, 0.1) is 13.8 Å². The molecule has 1 amide bonds. The van der Waals surface area contributed by atoms with Gasteiger partial charge in [-0.25, -0.2) is 4.98 Å². The summed E-state index contributed by atoms with van der Waals surface area (Å²) in [6.45, 7) is 5.37. The van der Waals surface area contributed by atoms with Gasteiger partial charge in [-0.15, -0.1) is 21.5 Å². The molecule has 0 saturated carbocycles. The summed E-state index contributed by atoms with van der Waals surface area (Å²) in [6.07, 6.45) is 3.87. The average molecular weight is 495 g/mol. The van der Waals surface area contributed by atoms with E-state index in [-0.39, 0.29) is 17.8 Å². The largest absolute Gasteiger partial charge is 0.397 e. The topological polar surface area (TPSA) is 108 Å². The van der Waals surface area contributed by atoms with Gasteiger partial charge in [0.15, 0.2) is 11.0 Å². The van der Waals surface area contributed by atoms with Crippen molar-refractivity contribution in [1.82, 2.24) is 19.7 Å². The number of fused-ring (bicyclic) bond motifs is 1. The van der Waals surface area contributed by atoms with Crippen molar-refractivity contribution in [2.24, 2.45) is 0 Å². The minimum atomic E-state index is -0.0857. The predicted octanol–water partition coefficient (Wildman–Crippen LogP) is 4.66. The van der Waals surface area contributed by atoms with Crippen LogP contribution in [0.25, 0.3) is 20.9 Å². The van der Waals surface area contributed by atoms with Crippen molar-refractivity contribution in [2.45, 2.75) is 44.5 Å². The summed E-state index contributed by atoms with van der Waals surface area (Å²) >= 11 is 2.87.